The highest BCUT2D eigenvalue weighted by atomic mass is 35.5. The molecule has 1 aromatic carbocycles. The normalized spacial score (nSPS) is 11.7. The molecule has 0 aliphatic rings. The van der Waals surface area contributed by atoms with Crippen LogP contribution in [0.25, 0.3) is 0 Å². The Morgan fingerprint density at radius 3 is 2.59 bits per heavy atom. The molecular weight excluding hydrogens is 304 g/mol. The summed E-state index contributed by atoms with van der Waals surface area (Å²) in [5, 5.41) is 3.20. The highest BCUT2D eigenvalue weighted by Crippen LogP contribution is 2.27. The minimum Gasteiger partial charge on any atom is -0.495 e. The Kier molecular flexibility index (Phi) is 7.18. The zero-order valence-electron chi connectivity index (χ0n) is 13.5. The molecule has 0 bridgehead atoms. The maximum atomic E-state index is 12.0. The average Bonchev–Trinajstić information content (AvgIpc) is 2.46. The molecule has 0 saturated heterocycles. The first kappa shape index (κ1) is 18.3. The number of ether oxygens (including phenoxy) is 1. The summed E-state index contributed by atoms with van der Waals surface area (Å²) in [7, 11) is 1.53. The second kappa shape index (κ2) is 8.63. The van der Waals surface area contributed by atoms with E-state index in [-0.39, 0.29) is 24.3 Å². The zero-order valence-corrected chi connectivity index (χ0v) is 14.2. The fourth-order valence-electron chi connectivity index (χ4n) is 2.10. The number of anilines is 1. The van der Waals surface area contributed by atoms with Crippen LogP contribution in [0.2, 0.25) is 5.02 Å². The van der Waals surface area contributed by atoms with E-state index in [0.29, 0.717) is 23.0 Å². The maximum Gasteiger partial charge on any atom is 0.226 e. The number of amides is 2. The SMILES string of the molecule is CCC(C)N(CCC(=O)Nc1ccc(OC)c(Cl)c1)C(C)=O. The van der Waals surface area contributed by atoms with Crippen molar-refractivity contribution in [2.75, 3.05) is 19.0 Å². The Balaban J connectivity index is 2.59. The second-order valence-corrected chi connectivity index (χ2v) is 5.52. The zero-order chi connectivity index (χ0) is 16.7. The minimum atomic E-state index is -0.157. The van der Waals surface area contributed by atoms with Gasteiger partial charge in [0.05, 0.1) is 12.1 Å². The Morgan fingerprint density at radius 2 is 2.09 bits per heavy atom. The molecule has 1 aromatic rings. The van der Waals surface area contributed by atoms with Crippen LogP contribution < -0.4 is 10.1 Å². The largest absolute Gasteiger partial charge is 0.495 e. The predicted octanol–water partition coefficient (Wildman–Crippen LogP) is 3.32. The number of carbonyl (C=O) groups is 2. The van der Waals surface area contributed by atoms with Crippen LogP contribution in [0.1, 0.15) is 33.6 Å². The van der Waals surface area contributed by atoms with Crippen molar-refractivity contribution in [2.45, 2.75) is 39.7 Å². The highest BCUT2D eigenvalue weighted by Gasteiger charge is 2.16. The van der Waals surface area contributed by atoms with Crippen LogP contribution in [-0.4, -0.2) is 36.4 Å². The summed E-state index contributed by atoms with van der Waals surface area (Å²) in [6.45, 7) is 5.91. The van der Waals surface area contributed by atoms with Crippen LogP contribution in [-0.2, 0) is 9.59 Å². The van der Waals surface area contributed by atoms with Gasteiger partial charge in [-0.1, -0.05) is 18.5 Å². The molecule has 1 N–H and O–H groups in total. The van der Waals surface area contributed by atoms with E-state index in [1.54, 1.807) is 23.1 Å². The van der Waals surface area contributed by atoms with Crippen LogP contribution in [0.3, 0.4) is 0 Å². The quantitative estimate of drug-likeness (QED) is 0.836. The number of halogens is 1. The molecule has 0 spiro atoms. The molecule has 0 radical (unpaired) electrons. The molecule has 1 unspecified atom stereocenters. The number of nitrogens with zero attached hydrogens (tertiary/aromatic N) is 1. The van der Waals surface area contributed by atoms with Crippen LogP contribution in [0.5, 0.6) is 5.75 Å². The number of rotatable bonds is 7. The molecular formula is C16H23ClN2O3. The van der Waals surface area contributed by atoms with Crippen molar-refractivity contribution >= 4 is 29.1 Å². The van der Waals surface area contributed by atoms with E-state index in [9.17, 15) is 9.59 Å². The fourth-order valence-corrected chi connectivity index (χ4v) is 2.36. The van der Waals surface area contributed by atoms with Crippen LogP contribution >= 0.6 is 11.6 Å². The van der Waals surface area contributed by atoms with E-state index in [0.717, 1.165) is 6.42 Å². The molecule has 0 aliphatic heterocycles. The van der Waals surface area contributed by atoms with E-state index in [2.05, 4.69) is 5.32 Å². The minimum absolute atomic E-state index is 0.0189. The van der Waals surface area contributed by atoms with Crippen molar-refractivity contribution < 1.29 is 14.3 Å². The van der Waals surface area contributed by atoms with Crippen molar-refractivity contribution in [3.8, 4) is 5.75 Å². The number of hydrogen-bond donors (Lipinski definition) is 1. The summed E-state index contributed by atoms with van der Waals surface area (Å²) in [5.41, 5.74) is 0.605. The molecule has 0 heterocycles. The number of carbonyl (C=O) groups excluding carboxylic acids is 2. The van der Waals surface area contributed by atoms with Gasteiger partial charge in [-0.25, -0.2) is 0 Å². The molecule has 2 amide bonds. The lowest BCUT2D eigenvalue weighted by Gasteiger charge is -2.27. The molecule has 5 nitrogen and oxygen atoms in total. The van der Waals surface area contributed by atoms with Gasteiger partial charge in [-0.15, -0.1) is 0 Å². The van der Waals surface area contributed by atoms with Gasteiger partial charge in [-0.05, 0) is 31.5 Å². The number of methoxy groups -OCH3 is 1. The molecule has 6 heteroatoms. The lowest BCUT2D eigenvalue weighted by atomic mass is 10.2. The Labute approximate surface area is 136 Å². The topological polar surface area (TPSA) is 58.6 Å². The van der Waals surface area contributed by atoms with Crippen molar-refractivity contribution in [1.82, 2.24) is 4.90 Å². The summed E-state index contributed by atoms with van der Waals surface area (Å²) in [4.78, 5) is 25.3. The lowest BCUT2D eigenvalue weighted by molar-refractivity contribution is -0.131. The Hall–Kier alpha value is -1.75. The number of hydrogen-bond acceptors (Lipinski definition) is 3. The smallest absolute Gasteiger partial charge is 0.226 e. The van der Waals surface area contributed by atoms with E-state index in [4.69, 9.17) is 16.3 Å². The molecule has 1 rings (SSSR count). The molecule has 0 aromatic heterocycles. The van der Waals surface area contributed by atoms with Gasteiger partial charge in [0.15, 0.2) is 0 Å². The maximum absolute atomic E-state index is 12.0. The van der Waals surface area contributed by atoms with Crippen LogP contribution in [0.4, 0.5) is 5.69 Å². The van der Waals surface area contributed by atoms with E-state index in [1.807, 2.05) is 13.8 Å². The third kappa shape index (κ3) is 5.22. The van der Waals surface area contributed by atoms with E-state index < -0.39 is 0 Å². The van der Waals surface area contributed by atoms with E-state index >= 15 is 0 Å². The molecule has 0 saturated carbocycles. The third-order valence-electron chi connectivity index (χ3n) is 3.54. The summed E-state index contributed by atoms with van der Waals surface area (Å²) in [6, 6.07) is 5.18. The predicted molar refractivity (Wildman–Crippen MR) is 88.4 cm³/mol. The van der Waals surface area contributed by atoms with Crippen LogP contribution in [0.15, 0.2) is 18.2 Å². The second-order valence-electron chi connectivity index (χ2n) is 5.12. The first-order chi connectivity index (χ1) is 10.4. The average molecular weight is 327 g/mol. The molecule has 22 heavy (non-hydrogen) atoms. The number of nitrogens with one attached hydrogen (secondary N) is 1. The van der Waals surface area contributed by atoms with Gasteiger partial charge in [-0.2, -0.15) is 0 Å². The highest BCUT2D eigenvalue weighted by molar-refractivity contribution is 6.32. The van der Waals surface area contributed by atoms with Crippen molar-refractivity contribution in [3.05, 3.63) is 23.2 Å². The summed E-state index contributed by atoms with van der Waals surface area (Å²) < 4.78 is 5.06. The van der Waals surface area contributed by atoms with Gasteiger partial charge in [0.1, 0.15) is 5.75 Å². The molecule has 0 aliphatic carbocycles. The number of benzene rings is 1. The van der Waals surface area contributed by atoms with Gasteiger partial charge in [0.25, 0.3) is 0 Å². The van der Waals surface area contributed by atoms with Gasteiger partial charge in [0.2, 0.25) is 11.8 Å². The fraction of sp³-hybridized carbons (Fsp3) is 0.500. The van der Waals surface area contributed by atoms with E-state index in [1.165, 1.54) is 14.0 Å². The van der Waals surface area contributed by atoms with Gasteiger partial charge < -0.3 is 15.0 Å². The van der Waals surface area contributed by atoms with Gasteiger partial charge >= 0.3 is 0 Å². The summed E-state index contributed by atoms with van der Waals surface area (Å²) in [6.07, 6.45) is 1.10. The first-order valence-corrected chi connectivity index (χ1v) is 7.67. The standard InChI is InChI=1S/C16H23ClN2O3/c1-5-11(2)19(12(3)20)9-8-16(21)18-13-6-7-15(22-4)14(17)10-13/h6-7,10-11H,5,8-9H2,1-4H3,(H,18,21). The van der Waals surface area contributed by atoms with Gasteiger partial charge in [-0.3, -0.25) is 9.59 Å². The first-order valence-electron chi connectivity index (χ1n) is 7.29. The van der Waals surface area contributed by atoms with Crippen molar-refractivity contribution in [2.24, 2.45) is 0 Å². The van der Waals surface area contributed by atoms with Crippen LogP contribution in [0, 0.1) is 0 Å². The molecule has 1 atom stereocenters. The summed E-state index contributed by atoms with van der Waals surface area (Å²) >= 11 is 6.01. The van der Waals surface area contributed by atoms with Crippen molar-refractivity contribution in [3.63, 3.8) is 0 Å². The van der Waals surface area contributed by atoms with Gasteiger partial charge in [0, 0.05) is 31.6 Å². The van der Waals surface area contributed by atoms with Crippen molar-refractivity contribution in [1.29, 1.82) is 0 Å². The third-order valence-corrected chi connectivity index (χ3v) is 3.84. The monoisotopic (exact) mass is 326 g/mol. The summed E-state index contributed by atoms with van der Waals surface area (Å²) in [5.74, 6) is 0.379. The lowest BCUT2D eigenvalue weighted by Crippen LogP contribution is -2.38. The Morgan fingerprint density at radius 1 is 1.41 bits per heavy atom. The molecule has 122 valence electrons. The molecule has 0 fully saturated rings. The Bertz CT molecular complexity index is 534.